The van der Waals surface area contributed by atoms with Crippen molar-refractivity contribution in [2.45, 2.75) is 18.1 Å². The first kappa shape index (κ1) is 11.9. The number of esters is 1. The molecule has 1 aromatic rings. The van der Waals surface area contributed by atoms with Crippen molar-refractivity contribution in [1.82, 2.24) is 20.2 Å². The molecule has 0 fully saturated rings. The van der Waals surface area contributed by atoms with E-state index in [4.69, 9.17) is 5.73 Å². The number of thioether (sulfide) groups is 1. The molecule has 2 N–H and O–H groups in total. The van der Waals surface area contributed by atoms with Crippen LogP contribution in [0.1, 0.15) is 6.42 Å². The number of tetrazole rings is 1. The number of hydrogen-bond donors (Lipinski definition) is 1. The first-order chi connectivity index (χ1) is 7.27. The molecule has 1 aromatic heterocycles. The zero-order valence-corrected chi connectivity index (χ0v) is 9.24. The summed E-state index contributed by atoms with van der Waals surface area (Å²) in [6.07, 6.45) is 0.344. The quantitative estimate of drug-likeness (QED) is 0.510. The largest absolute Gasteiger partial charge is 0.469 e. The van der Waals surface area contributed by atoms with Gasteiger partial charge in [-0.25, -0.2) is 4.68 Å². The van der Waals surface area contributed by atoms with Gasteiger partial charge in [0.25, 0.3) is 0 Å². The Balaban J connectivity index is 2.36. The highest BCUT2D eigenvalue weighted by molar-refractivity contribution is 7.99. The van der Waals surface area contributed by atoms with E-state index in [1.165, 1.54) is 18.9 Å². The summed E-state index contributed by atoms with van der Waals surface area (Å²) in [7, 11) is 1.37. The van der Waals surface area contributed by atoms with E-state index in [1.807, 2.05) is 0 Å². The van der Waals surface area contributed by atoms with Gasteiger partial charge in [-0.3, -0.25) is 4.79 Å². The second-order valence-corrected chi connectivity index (χ2v) is 3.71. The molecule has 0 aliphatic heterocycles. The molecule has 0 saturated carbocycles. The second-order valence-electron chi connectivity index (χ2n) is 2.65. The van der Waals surface area contributed by atoms with E-state index < -0.39 is 0 Å². The Hall–Kier alpha value is -1.15. The number of nitrogens with two attached hydrogens (primary N) is 1. The lowest BCUT2D eigenvalue weighted by Crippen LogP contribution is -2.12. The lowest BCUT2D eigenvalue weighted by molar-refractivity contribution is -0.140. The summed E-state index contributed by atoms with van der Waals surface area (Å²) in [5, 5.41) is 11.8. The number of ether oxygens (including phenoxy) is 1. The summed E-state index contributed by atoms with van der Waals surface area (Å²) in [4.78, 5) is 10.8. The van der Waals surface area contributed by atoms with Gasteiger partial charge >= 0.3 is 5.97 Å². The smallest absolute Gasteiger partial charge is 0.306 e. The molecule has 0 spiro atoms. The number of rotatable bonds is 6. The Morgan fingerprint density at radius 3 is 3.13 bits per heavy atom. The number of nitrogens with zero attached hydrogens (tertiary/aromatic N) is 4. The van der Waals surface area contributed by atoms with Crippen LogP contribution in [0.2, 0.25) is 0 Å². The molecule has 0 atom stereocenters. The standard InChI is InChI=1S/C7H13N5O2S/c1-14-6(13)2-5-15-7-9-10-11-12(7)4-3-8/h2-5,8H2,1H3. The van der Waals surface area contributed by atoms with E-state index >= 15 is 0 Å². The van der Waals surface area contributed by atoms with E-state index in [0.29, 0.717) is 30.4 Å². The topological polar surface area (TPSA) is 95.9 Å². The van der Waals surface area contributed by atoms with Crippen LogP contribution in [-0.4, -0.2) is 45.6 Å². The molecular formula is C7H13N5O2S. The van der Waals surface area contributed by atoms with Crippen LogP contribution in [-0.2, 0) is 16.1 Å². The summed E-state index contributed by atoms with van der Waals surface area (Å²) >= 11 is 1.41. The van der Waals surface area contributed by atoms with E-state index in [0.717, 1.165) is 0 Å². The highest BCUT2D eigenvalue weighted by Crippen LogP contribution is 2.14. The molecule has 1 heterocycles. The van der Waals surface area contributed by atoms with E-state index in [-0.39, 0.29) is 5.97 Å². The molecular weight excluding hydrogens is 218 g/mol. The van der Waals surface area contributed by atoms with Crippen molar-refractivity contribution < 1.29 is 9.53 Å². The Kier molecular flexibility index (Phi) is 5.05. The predicted octanol–water partition coefficient (Wildman–Crippen LogP) is -0.713. The molecule has 0 amide bonds. The number of methoxy groups -OCH3 is 1. The van der Waals surface area contributed by atoms with Crippen LogP contribution < -0.4 is 5.73 Å². The fourth-order valence-electron chi connectivity index (χ4n) is 0.890. The number of carbonyl (C=O) groups excluding carboxylic acids is 1. The lowest BCUT2D eigenvalue weighted by Gasteiger charge is -2.01. The fraction of sp³-hybridized carbons (Fsp3) is 0.714. The zero-order valence-electron chi connectivity index (χ0n) is 8.42. The van der Waals surface area contributed by atoms with E-state index in [2.05, 4.69) is 20.3 Å². The van der Waals surface area contributed by atoms with E-state index in [9.17, 15) is 4.79 Å². The SMILES string of the molecule is COC(=O)CCSc1nnnn1CCN. The fourth-order valence-corrected chi connectivity index (χ4v) is 1.71. The van der Waals surface area contributed by atoms with Crippen molar-refractivity contribution in [2.24, 2.45) is 5.73 Å². The molecule has 0 aliphatic carbocycles. The Morgan fingerprint density at radius 1 is 1.67 bits per heavy atom. The van der Waals surface area contributed by atoms with Crippen LogP contribution in [0, 0.1) is 0 Å². The normalized spacial score (nSPS) is 10.3. The molecule has 0 bridgehead atoms. The van der Waals surface area contributed by atoms with Gasteiger partial charge in [0.2, 0.25) is 5.16 Å². The van der Waals surface area contributed by atoms with Gasteiger partial charge in [0.1, 0.15) is 0 Å². The van der Waals surface area contributed by atoms with Gasteiger partial charge in [-0.2, -0.15) is 0 Å². The number of aromatic nitrogens is 4. The maximum Gasteiger partial charge on any atom is 0.306 e. The third kappa shape index (κ3) is 3.84. The molecule has 0 radical (unpaired) electrons. The summed E-state index contributed by atoms with van der Waals surface area (Å²) in [6, 6.07) is 0. The van der Waals surface area contributed by atoms with Crippen molar-refractivity contribution in [2.75, 3.05) is 19.4 Å². The Labute approximate surface area is 91.3 Å². The third-order valence-electron chi connectivity index (χ3n) is 1.60. The average molecular weight is 231 g/mol. The van der Waals surface area contributed by atoms with Crippen LogP contribution >= 0.6 is 11.8 Å². The maximum absolute atomic E-state index is 10.8. The molecule has 84 valence electrons. The van der Waals surface area contributed by atoms with Gasteiger partial charge in [0, 0.05) is 12.3 Å². The molecule has 1 rings (SSSR count). The minimum Gasteiger partial charge on any atom is -0.469 e. The Morgan fingerprint density at radius 2 is 2.47 bits per heavy atom. The molecule has 7 nitrogen and oxygen atoms in total. The van der Waals surface area contributed by atoms with Crippen molar-refractivity contribution in [3.05, 3.63) is 0 Å². The minimum atomic E-state index is -0.236. The van der Waals surface area contributed by atoms with Crippen LogP contribution in [0.15, 0.2) is 5.16 Å². The zero-order chi connectivity index (χ0) is 11.1. The van der Waals surface area contributed by atoms with Crippen molar-refractivity contribution in [1.29, 1.82) is 0 Å². The monoisotopic (exact) mass is 231 g/mol. The van der Waals surface area contributed by atoms with Crippen molar-refractivity contribution in [3.8, 4) is 0 Å². The Bertz CT molecular complexity index is 316. The molecule has 0 saturated heterocycles. The number of hydrogen-bond acceptors (Lipinski definition) is 7. The molecule has 0 aromatic carbocycles. The molecule has 15 heavy (non-hydrogen) atoms. The van der Waals surface area contributed by atoms with Crippen LogP contribution in [0.4, 0.5) is 0 Å². The first-order valence-corrected chi connectivity index (χ1v) is 5.42. The lowest BCUT2D eigenvalue weighted by atomic mass is 10.5. The summed E-state index contributed by atoms with van der Waals surface area (Å²) in [6.45, 7) is 1.06. The van der Waals surface area contributed by atoms with Crippen LogP contribution in [0.25, 0.3) is 0 Å². The summed E-state index contributed by atoms with van der Waals surface area (Å²) < 4.78 is 6.13. The van der Waals surface area contributed by atoms with Gasteiger partial charge in [-0.05, 0) is 10.4 Å². The maximum atomic E-state index is 10.8. The highest BCUT2D eigenvalue weighted by atomic mass is 32.2. The van der Waals surface area contributed by atoms with Crippen molar-refractivity contribution >= 4 is 17.7 Å². The van der Waals surface area contributed by atoms with Gasteiger partial charge in [0.05, 0.1) is 20.1 Å². The van der Waals surface area contributed by atoms with Gasteiger partial charge in [-0.1, -0.05) is 11.8 Å². The number of carbonyl (C=O) groups is 1. The molecule has 0 aliphatic rings. The van der Waals surface area contributed by atoms with Crippen molar-refractivity contribution in [3.63, 3.8) is 0 Å². The highest BCUT2D eigenvalue weighted by Gasteiger charge is 2.07. The predicted molar refractivity (Wildman–Crippen MR) is 54.2 cm³/mol. The van der Waals surface area contributed by atoms with Crippen LogP contribution in [0.5, 0.6) is 0 Å². The first-order valence-electron chi connectivity index (χ1n) is 4.43. The third-order valence-corrected chi connectivity index (χ3v) is 2.56. The average Bonchev–Trinajstić information content (AvgIpc) is 2.66. The van der Waals surface area contributed by atoms with Gasteiger partial charge in [0.15, 0.2) is 0 Å². The summed E-state index contributed by atoms with van der Waals surface area (Å²) in [5.74, 6) is 0.359. The minimum absolute atomic E-state index is 0.236. The van der Waals surface area contributed by atoms with Gasteiger partial charge < -0.3 is 10.5 Å². The van der Waals surface area contributed by atoms with E-state index in [1.54, 1.807) is 4.68 Å². The van der Waals surface area contributed by atoms with Crippen LogP contribution in [0.3, 0.4) is 0 Å². The molecule has 8 heteroatoms. The summed E-state index contributed by atoms with van der Waals surface area (Å²) in [5.41, 5.74) is 5.39. The molecule has 0 unspecified atom stereocenters. The second kappa shape index (κ2) is 6.36. The van der Waals surface area contributed by atoms with Gasteiger partial charge in [-0.15, -0.1) is 5.10 Å².